The van der Waals surface area contributed by atoms with E-state index in [1.54, 1.807) is 0 Å². The van der Waals surface area contributed by atoms with Crippen molar-refractivity contribution in [2.24, 2.45) is 11.7 Å². The Balaban J connectivity index is 2.34. The van der Waals surface area contributed by atoms with Crippen LogP contribution in [0.25, 0.3) is 0 Å². The fraction of sp³-hybridized carbons (Fsp3) is 0.462. The summed E-state index contributed by atoms with van der Waals surface area (Å²) in [7, 11) is 0. The van der Waals surface area contributed by atoms with E-state index in [0.29, 0.717) is 19.0 Å². The quantitative estimate of drug-likeness (QED) is 0.731. The predicted octanol–water partition coefficient (Wildman–Crippen LogP) is 2.10. The monoisotopic (exact) mass is 235 g/mol. The standard InChI is InChI=1S/C13H21N3O/c1-10-4-3-5-12(8-10)16-13(17)15-9-11(2)6-7-14/h3-5,8,11H,6-7,9,14H2,1-2H3,(H2,15,16,17). The van der Waals surface area contributed by atoms with E-state index in [1.165, 1.54) is 0 Å². The van der Waals surface area contributed by atoms with Gasteiger partial charge in [-0.2, -0.15) is 0 Å². The van der Waals surface area contributed by atoms with Crippen molar-refractivity contribution in [3.63, 3.8) is 0 Å². The van der Waals surface area contributed by atoms with Gasteiger partial charge < -0.3 is 16.4 Å². The van der Waals surface area contributed by atoms with Crippen molar-refractivity contribution >= 4 is 11.7 Å². The highest BCUT2D eigenvalue weighted by Crippen LogP contribution is 2.09. The Morgan fingerprint density at radius 1 is 1.47 bits per heavy atom. The van der Waals surface area contributed by atoms with Crippen LogP contribution in [0.2, 0.25) is 0 Å². The van der Waals surface area contributed by atoms with Crippen LogP contribution in [0.3, 0.4) is 0 Å². The Bertz CT molecular complexity index is 365. The molecule has 0 spiro atoms. The van der Waals surface area contributed by atoms with Gasteiger partial charge >= 0.3 is 6.03 Å². The Morgan fingerprint density at radius 3 is 2.88 bits per heavy atom. The minimum atomic E-state index is -0.167. The summed E-state index contributed by atoms with van der Waals surface area (Å²) in [6, 6.07) is 7.55. The van der Waals surface area contributed by atoms with E-state index in [0.717, 1.165) is 17.7 Å². The molecule has 1 rings (SSSR count). The van der Waals surface area contributed by atoms with Crippen molar-refractivity contribution in [2.75, 3.05) is 18.4 Å². The van der Waals surface area contributed by atoms with E-state index in [2.05, 4.69) is 17.6 Å². The first-order valence-corrected chi connectivity index (χ1v) is 5.93. The van der Waals surface area contributed by atoms with Crippen LogP contribution in [0, 0.1) is 12.8 Å². The van der Waals surface area contributed by atoms with Crippen molar-refractivity contribution in [3.05, 3.63) is 29.8 Å². The minimum Gasteiger partial charge on any atom is -0.338 e. The summed E-state index contributed by atoms with van der Waals surface area (Å²) < 4.78 is 0. The summed E-state index contributed by atoms with van der Waals surface area (Å²) >= 11 is 0. The number of rotatable bonds is 5. The minimum absolute atomic E-state index is 0.167. The zero-order chi connectivity index (χ0) is 12.7. The number of nitrogens with one attached hydrogen (secondary N) is 2. The summed E-state index contributed by atoms with van der Waals surface area (Å²) in [6.07, 6.45) is 0.921. The molecular formula is C13H21N3O. The van der Waals surface area contributed by atoms with E-state index in [9.17, 15) is 4.79 Å². The lowest BCUT2D eigenvalue weighted by molar-refractivity contribution is 0.250. The molecule has 1 aromatic carbocycles. The van der Waals surface area contributed by atoms with Gasteiger partial charge in [0.25, 0.3) is 0 Å². The number of amides is 2. The fourth-order valence-electron chi connectivity index (χ4n) is 1.55. The molecule has 2 amide bonds. The van der Waals surface area contributed by atoms with E-state index in [4.69, 9.17) is 5.73 Å². The average Bonchev–Trinajstić information content (AvgIpc) is 2.27. The third-order valence-electron chi connectivity index (χ3n) is 2.55. The van der Waals surface area contributed by atoms with Crippen LogP contribution in [-0.4, -0.2) is 19.1 Å². The zero-order valence-corrected chi connectivity index (χ0v) is 10.5. The van der Waals surface area contributed by atoms with Gasteiger partial charge in [0, 0.05) is 12.2 Å². The molecule has 4 N–H and O–H groups in total. The molecule has 0 aliphatic carbocycles. The van der Waals surface area contributed by atoms with Crippen LogP contribution >= 0.6 is 0 Å². The number of nitrogens with two attached hydrogens (primary N) is 1. The summed E-state index contributed by atoms with van der Waals surface area (Å²) in [5.41, 5.74) is 7.39. The van der Waals surface area contributed by atoms with Gasteiger partial charge in [-0.1, -0.05) is 19.1 Å². The number of carbonyl (C=O) groups is 1. The Labute approximate surface area is 103 Å². The molecule has 0 heterocycles. The normalized spacial score (nSPS) is 11.9. The van der Waals surface area contributed by atoms with Crippen LogP contribution in [0.5, 0.6) is 0 Å². The lowest BCUT2D eigenvalue weighted by Crippen LogP contribution is -2.32. The van der Waals surface area contributed by atoms with E-state index in [-0.39, 0.29) is 6.03 Å². The molecule has 0 aromatic heterocycles. The number of benzene rings is 1. The number of hydrogen-bond donors (Lipinski definition) is 3. The number of carbonyl (C=O) groups excluding carboxylic acids is 1. The highest BCUT2D eigenvalue weighted by atomic mass is 16.2. The molecule has 0 fully saturated rings. The molecule has 0 aliphatic heterocycles. The molecule has 0 bridgehead atoms. The fourth-order valence-corrected chi connectivity index (χ4v) is 1.55. The summed E-state index contributed by atoms with van der Waals surface area (Å²) in [6.45, 7) is 5.36. The maximum absolute atomic E-state index is 11.6. The lowest BCUT2D eigenvalue weighted by Gasteiger charge is -2.12. The molecule has 1 atom stereocenters. The van der Waals surface area contributed by atoms with Crippen LogP contribution < -0.4 is 16.4 Å². The average molecular weight is 235 g/mol. The molecule has 1 aromatic rings. The van der Waals surface area contributed by atoms with Gasteiger partial charge in [-0.15, -0.1) is 0 Å². The molecule has 0 saturated carbocycles. The van der Waals surface area contributed by atoms with Crippen LogP contribution in [-0.2, 0) is 0 Å². The Hall–Kier alpha value is -1.55. The molecule has 4 heteroatoms. The van der Waals surface area contributed by atoms with Crippen LogP contribution in [0.1, 0.15) is 18.9 Å². The number of hydrogen-bond acceptors (Lipinski definition) is 2. The molecule has 0 saturated heterocycles. The van der Waals surface area contributed by atoms with Gasteiger partial charge in [-0.25, -0.2) is 4.79 Å². The number of urea groups is 1. The van der Waals surface area contributed by atoms with Crippen LogP contribution in [0.15, 0.2) is 24.3 Å². The van der Waals surface area contributed by atoms with Crippen LogP contribution in [0.4, 0.5) is 10.5 Å². The molecular weight excluding hydrogens is 214 g/mol. The van der Waals surface area contributed by atoms with Gasteiger partial charge in [0.05, 0.1) is 0 Å². The summed E-state index contributed by atoms with van der Waals surface area (Å²) in [4.78, 5) is 11.6. The maximum Gasteiger partial charge on any atom is 0.319 e. The topological polar surface area (TPSA) is 67.2 Å². The Kier molecular flexibility index (Phi) is 5.49. The third kappa shape index (κ3) is 5.36. The molecule has 17 heavy (non-hydrogen) atoms. The number of aryl methyl sites for hydroxylation is 1. The smallest absolute Gasteiger partial charge is 0.319 e. The zero-order valence-electron chi connectivity index (χ0n) is 10.5. The second-order valence-corrected chi connectivity index (χ2v) is 4.39. The first-order chi connectivity index (χ1) is 8.11. The number of anilines is 1. The Morgan fingerprint density at radius 2 is 2.24 bits per heavy atom. The second kappa shape index (κ2) is 6.91. The van der Waals surface area contributed by atoms with Crippen molar-refractivity contribution in [2.45, 2.75) is 20.3 Å². The first kappa shape index (κ1) is 13.5. The summed E-state index contributed by atoms with van der Waals surface area (Å²) in [5.74, 6) is 0.406. The van der Waals surface area contributed by atoms with Crippen molar-refractivity contribution < 1.29 is 4.79 Å². The molecule has 0 radical (unpaired) electrons. The molecule has 94 valence electrons. The van der Waals surface area contributed by atoms with E-state index < -0.39 is 0 Å². The van der Waals surface area contributed by atoms with Gasteiger partial charge in [0.15, 0.2) is 0 Å². The van der Waals surface area contributed by atoms with Crippen molar-refractivity contribution in [1.29, 1.82) is 0 Å². The summed E-state index contributed by atoms with van der Waals surface area (Å²) in [5, 5.41) is 5.63. The van der Waals surface area contributed by atoms with Gasteiger partial charge in [-0.05, 0) is 43.5 Å². The molecule has 0 aliphatic rings. The first-order valence-electron chi connectivity index (χ1n) is 5.93. The highest BCUT2D eigenvalue weighted by molar-refractivity contribution is 5.89. The highest BCUT2D eigenvalue weighted by Gasteiger charge is 2.04. The maximum atomic E-state index is 11.6. The van der Waals surface area contributed by atoms with E-state index in [1.807, 2.05) is 31.2 Å². The second-order valence-electron chi connectivity index (χ2n) is 4.39. The van der Waals surface area contributed by atoms with Crippen molar-refractivity contribution in [1.82, 2.24) is 5.32 Å². The largest absolute Gasteiger partial charge is 0.338 e. The van der Waals surface area contributed by atoms with Gasteiger partial charge in [0.2, 0.25) is 0 Å². The van der Waals surface area contributed by atoms with Gasteiger partial charge in [-0.3, -0.25) is 0 Å². The van der Waals surface area contributed by atoms with Gasteiger partial charge in [0.1, 0.15) is 0 Å². The van der Waals surface area contributed by atoms with E-state index >= 15 is 0 Å². The third-order valence-corrected chi connectivity index (χ3v) is 2.55. The SMILES string of the molecule is Cc1cccc(NC(=O)NCC(C)CCN)c1. The predicted molar refractivity (Wildman–Crippen MR) is 71.0 cm³/mol. The molecule has 1 unspecified atom stereocenters. The lowest BCUT2D eigenvalue weighted by atomic mass is 10.1. The molecule has 4 nitrogen and oxygen atoms in total. The van der Waals surface area contributed by atoms with Crippen molar-refractivity contribution in [3.8, 4) is 0 Å².